The van der Waals surface area contributed by atoms with Crippen LogP contribution in [0.3, 0.4) is 0 Å². The van der Waals surface area contributed by atoms with Gasteiger partial charge in [0.25, 0.3) is 5.91 Å². The molecule has 0 saturated carbocycles. The number of carbonyl (C=O) groups is 2. The maximum absolute atomic E-state index is 12.6. The number of aryl methyl sites for hydroxylation is 1. The van der Waals surface area contributed by atoms with E-state index in [0.717, 1.165) is 11.3 Å². The third-order valence-corrected chi connectivity index (χ3v) is 3.26. The Balaban J connectivity index is 2.30. The fourth-order valence-corrected chi connectivity index (χ4v) is 2.20. The van der Waals surface area contributed by atoms with Gasteiger partial charge in [0.15, 0.2) is 0 Å². The molecule has 0 spiro atoms. The molecule has 1 aromatic heterocycles. The Bertz CT molecular complexity index is 644. The van der Waals surface area contributed by atoms with Crippen LogP contribution in [0.1, 0.15) is 23.0 Å². The lowest BCUT2D eigenvalue weighted by Crippen LogP contribution is -2.32. The molecule has 2 rings (SSSR count). The first-order valence-electron chi connectivity index (χ1n) is 6.78. The maximum atomic E-state index is 12.6. The van der Waals surface area contributed by atoms with Gasteiger partial charge >= 0.3 is 5.97 Å². The number of hydrogen-bond donors (Lipinski definition) is 1. The van der Waals surface area contributed by atoms with E-state index in [1.165, 1.54) is 4.57 Å². The van der Waals surface area contributed by atoms with E-state index < -0.39 is 5.97 Å². The molecule has 0 radical (unpaired) electrons. The van der Waals surface area contributed by atoms with Gasteiger partial charge in [-0.1, -0.05) is 17.7 Å². The normalized spacial score (nSPS) is 10.4. The SMILES string of the molecule is CCN(C(=O)c1cccn1CC(=O)O)c1ccc(C)cc1. The van der Waals surface area contributed by atoms with E-state index in [1.807, 2.05) is 38.1 Å². The lowest BCUT2D eigenvalue weighted by Gasteiger charge is -2.21. The average molecular weight is 286 g/mol. The molecular formula is C16H18N2O3. The number of aliphatic carboxylic acids is 1. The summed E-state index contributed by atoms with van der Waals surface area (Å²) in [6.07, 6.45) is 1.60. The predicted octanol–water partition coefficient (Wildman–Crippen LogP) is 2.55. The molecule has 5 heteroatoms. The van der Waals surface area contributed by atoms with Crippen molar-refractivity contribution in [2.24, 2.45) is 0 Å². The van der Waals surface area contributed by atoms with Gasteiger partial charge in [-0.2, -0.15) is 0 Å². The van der Waals surface area contributed by atoms with Crippen molar-refractivity contribution in [3.63, 3.8) is 0 Å². The Hall–Kier alpha value is -2.56. The molecule has 1 aromatic carbocycles. The summed E-state index contributed by atoms with van der Waals surface area (Å²) in [5.41, 5.74) is 2.30. The number of carboxylic acids is 1. The van der Waals surface area contributed by atoms with Gasteiger partial charge in [0.2, 0.25) is 0 Å². The van der Waals surface area contributed by atoms with Crippen LogP contribution in [0.15, 0.2) is 42.6 Å². The quantitative estimate of drug-likeness (QED) is 0.918. The third-order valence-electron chi connectivity index (χ3n) is 3.26. The van der Waals surface area contributed by atoms with Gasteiger partial charge in [0, 0.05) is 18.4 Å². The molecule has 0 unspecified atom stereocenters. The Morgan fingerprint density at radius 3 is 2.43 bits per heavy atom. The number of carboxylic acid groups (broad SMARTS) is 1. The molecule has 110 valence electrons. The molecule has 1 N–H and O–H groups in total. The zero-order valence-electron chi connectivity index (χ0n) is 12.1. The average Bonchev–Trinajstić information content (AvgIpc) is 2.88. The Morgan fingerprint density at radius 2 is 1.86 bits per heavy atom. The van der Waals surface area contributed by atoms with Crippen LogP contribution in [0.25, 0.3) is 0 Å². The van der Waals surface area contributed by atoms with Crippen molar-refractivity contribution in [3.8, 4) is 0 Å². The van der Waals surface area contributed by atoms with Gasteiger partial charge in [-0.3, -0.25) is 9.59 Å². The van der Waals surface area contributed by atoms with Crippen molar-refractivity contribution in [3.05, 3.63) is 53.9 Å². The van der Waals surface area contributed by atoms with E-state index in [4.69, 9.17) is 5.11 Å². The second kappa shape index (κ2) is 6.26. The molecule has 0 aliphatic heterocycles. The summed E-state index contributed by atoms with van der Waals surface area (Å²) in [5.74, 6) is -1.17. The summed E-state index contributed by atoms with van der Waals surface area (Å²) in [7, 11) is 0. The number of hydrogen-bond acceptors (Lipinski definition) is 2. The molecular weight excluding hydrogens is 268 g/mol. The molecule has 0 atom stereocenters. The predicted molar refractivity (Wildman–Crippen MR) is 80.6 cm³/mol. The van der Waals surface area contributed by atoms with Gasteiger partial charge in [0.05, 0.1) is 0 Å². The second-order valence-corrected chi connectivity index (χ2v) is 4.80. The van der Waals surface area contributed by atoms with Crippen LogP contribution < -0.4 is 4.90 Å². The van der Waals surface area contributed by atoms with E-state index in [1.54, 1.807) is 23.2 Å². The van der Waals surface area contributed by atoms with E-state index in [2.05, 4.69) is 0 Å². The summed E-state index contributed by atoms with van der Waals surface area (Å²) in [4.78, 5) is 25.1. The second-order valence-electron chi connectivity index (χ2n) is 4.80. The molecule has 0 aliphatic carbocycles. The highest BCUT2D eigenvalue weighted by Crippen LogP contribution is 2.18. The first-order chi connectivity index (χ1) is 10.0. The van der Waals surface area contributed by atoms with Gasteiger partial charge in [-0.05, 0) is 38.1 Å². The monoisotopic (exact) mass is 286 g/mol. The topological polar surface area (TPSA) is 62.5 Å². The summed E-state index contributed by atoms with van der Waals surface area (Å²) in [6.45, 7) is 4.17. The van der Waals surface area contributed by atoms with E-state index in [-0.39, 0.29) is 12.5 Å². The molecule has 0 fully saturated rings. The number of rotatable bonds is 5. The standard InChI is InChI=1S/C16H18N2O3/c1-3-18(13-8-6-12(2)7-9-13)16(21)14-5-4-10-17(14)11-15(19)20/h4-10H,3,11H2,1-2H3,(H,19,20). The fourth-order valence-electron chi connectivity index (χ4n) is 2.20. The van der Waals surface area contributed by atoms with Crippen LogP contribution in [0.2, 0.25) is 0 Å². The van der Waals surface area contributed by atoms with Crippen molar-refractivity contribution in [2.75, 3.05) is 11.4 Å². The molecule has 2 aromatic rings. The van der Waals surface area contributed by atoms with Gasteiger partial charge < -0.3 is 14.6 Å². The Morgan fingerprint density at radius 1 is 1.19 bits per heavy atom. The molecule has 0 bridgehead atoms. The maximum Gasteiger partial charge on any atom is 0.323 e. The van der Waals surface area contributed by atoms with Gasteiger partial charge in [0.1, 0.15) is 12.2 Å². The summed E-state index contributed by atoms with van der Waals surface area (Å²) in [5, 5.41) is 8.89. The van der Waals surface area contributed by atoms with E-state index in [0.29, 0.717) is 12.2 Å². The van der Waals surface area contributed by atoms with Crippen LogP contribution in [-0.2, 0) is 11.3 Å². The number of carbonyl (C=O) groups excluding carboxylic acids is 1. The van der Waals surface area contributed by atoms with Crippen molar-refractivity contribution >= 4 is 17.6 Å². The lowest BCUT2D eigenvalue weighted by atomic mass is 10.2. The van der Waals surface area contributed by atoms with Crippen LogP contribution >= 0.6 is 0 Å². The zero-order valence-corrected chi connectivity index (χ0v) is 12.1. The van der Waals surface area contributed by atoms with Gasteiger partial charge in [-0.15, -0.1) is 0 Å². The Kier molecular flexibility index (Phi) is 4.42. The van der Waals surface area contributed by atoms with Crippen LogP contribution in [0.5, 0.6) is 0 Å². The van der Waals surface area contributed by atoms with Crippen molar-refractivity contribution in [1.29, 1.82) is 0 Å². The Labute approximate surface area is 123 Å². The number of aromatic nitrogens is 1. The minimum absolute atomic E-state index is 0.201. The van der Waals surface area contributed by atoms with E-state index in [9.17, 15) is 9.59 Å². The number of benzene rings is 1. The molecule has 5 nitrogen and oxygen atoms in total. The molecule has 21 heavy (non-hydrogen) atoms. The number of anilines is 1. The van der Waals surface area contributed by atoms with Crippen LogP contribution in [0.4, 0.5) is 5.69 Å². The molecule has 1 amide bonds. The minimum Gasteiger partial charge on any atom is -0.480 e. The first-order valence-corrected chi connectivity index (χ1v) is 6.78. The van der Waals surface area contributed by atoms with Crippen LogP contribution in [-0.4, -0.2) is 28.1 Å². The highest BCUT2D eigenvalue weighted by Gasteiger charge is 2.19. The van der Waals surface area contributed by atoms with E-state index >= 15 is 0 Å². The van der Waals surface area contributed by atoms with Crippen molar-refractivity contribution < 1.29 is 14.7 Å². The van der Waals surface area contributed by atoms with Crippen LogP contribution in [0, 0.1) is 6.92 Å². The van der Waals surface area contributed by atoms with Gasteiger partial charge in [-0.25, -0.2) is 0 Å². The molecule has 0 aliphatic rings. The molecule has 1 heterocycles. The highest BCUT2D eigenvalue weighted by atomic mass is 16.4. The fraction of sp³-hybridized carbons (Fsp3) is 0.250. The first kappa shape index (κ1) is 14.8. The smallest absolute Gasteiger partial charge is 0.323 e. The summed E-state index contributed by atoms with van der Waals surface area (Å²) >= 11 is 0. The zero-order chi connectivity index (χ0) is 15.4. The van der Waals surface area contributed by atoms with Crippen molar-refractivity contribution in [1.82, 2.24) is 4.57 Å². The highest BCUT2D eigenvalue weighted by molar-refractivity contribution is 6.05. The lowest BCUT2D eigenvalue weighted by molar-refractivity contribution is -0.137. The number of nitrogens with zero attached hydrogens (tertiary/aromatic N) is 2. The largest absolute Gasteiger partial charge is 0.480 e. The third kappa shape index (κ3) is 3.31. The summed E-state index contributed by atoms with van der Waals surface area (Å²) < 4.78 is 1.45. The molecule has 0 saturated heterocycles. The summed E-state index contributed by atoms with van der Waals surface area (Å²) in [6, 6.07) is 11.0. The minimum atomic E-state index is -0.973. The number of amides is 1. The van der Waals surface area contributed by atoms with Crippen molar-refractivity contribution in [2.45, 2.75) is 20.4 Å².